The third kappa shape index (κ3) is 5.21. The first-order valence-corrected chi connectivity index (χ1v) is 5.40. The zero-order valence-corrected chi connectivity index (χ0v) is 9.83. The fourth-order valence-corrected chi connectivity index (χ4v) is 1.15. The van der Waals surface area contributed by atoms with Gasteiger partial charge in [0.05, 0.1) is 13.2 Å². The molecule has 0 aromatic heterocycles. The topological polar surface area (TPSA) is 59.0 Å². The molecule has 0 aliphatic carbocycles. The van der Waals surface area contributed by atoms with Gasteiger partial charge in [0, 0.05) is 7.05 Å². The molecule has 0 aliphatic heterocycles. The standard InChI is InChI=1S/C12H17NO4/c1-13(12(15)17-10-8-14)7-9-16-11-5-3-2-4-6-11/h2-6,14H,7-10H2,1H3. The van der Waals surface area contributed by atoms with Crippen LogP contribution in [0.1, 0.15) is 0 Å². The lowest BCUT2D eigenvalue weighted by Gasteiger charge is -2.16. The van der Waals surface area contributed by atoms with Crippen LogP contribution in [-0.2, 0) is 4.74 Å². The van der Waals surface area contributed by atoms with Crippen LogP contribution in [0.15, 0.2) is 30.3 Å². The molecule has 0 fully saturated rings. The van der Waals surface area contributed by atoms with Crippen LogP contribution in [0.4, 0.5) is 4.79 Å². The van der Waals surface area contributed by atoms with Gasteiger partial charge in [-0.15, -0.1) is 0 Å². The Morgan fingerprint density at radius 3 is 2.65 bits per heavy atom. The van der Waals surface area contributed by atoms with Gasteiger partial charge in [0.25, 0.3) is 0 Å². The Kier molecular flexibility index (Phi) is 5.88. The number of hydrogen-bond acceptors (Lipinski definition) is 4. The molecule has 0 unspecified atom stereocenters. The van der Waals surface area contributed by atoms with Crippen molar-refractivity contribution in [2.75, 3.05) is 33.4 Å². The van der Waals surface area contributed by atoms with Gasteiger partial charge < -0.3 is 19.5 Å². The number of likely N-dealkylation sites (N-methyl/N-ethyl adjacent to an activating group) is 1. The van der Waals surface area contributed by atoms with Gasteiger partial charge in [-0.3, -0.25) is 0 Å². The molecule has 94 valence electrons. The highest BCUT2D eigenvalue weighted by molar-refractivity contribution is 5.67. The number of amides is 1. The zero-order chi connectivity index (χ0) is 12.5. The van der Waals surface area contributed by atoms with Gasteiger partial charge in [-0.05, 0) is 12.1 Å². The molecule has 0 saturated carbocycles. The zero-order valence-electron chi connectivity index (χ0n) is 9.83. The molecule has 0 bridgehead atoms. The Balaban J connectivity index is 2.20. The molecule has 0 radical (unpaired) electrons. The first kappa shape index (κ1) is 13.3. The second kappa shape index (κ2) is 7.51. The molecule has 0 atom stereocenters. The minimum atomic E-state index is -0.462. The van der Waals surface area contributed by atoms with E-state index in [4.69, 9.17) is 14.6 Å². The van der Waals surface area contributed by atoms with Crippen molar-refractivity contribution in [2.45, 2.75) is 0 Å². The van der Waals surface area contributed by atoms with E-state index in [0.29, 0.717) is 13.2 Å². The van der Waals surface area contributed by atoms with Crippen molar-refractivity contribution in [2.24, 2.45) is 0 Å². The molecule has 1 N–H and O–H groups in total. The number of ether oxygens (including phenoxy) is 2. The average Bonchev–Trinajstić information content (AvgIpc) is 2.37. The van der Waals surface area contributed by atoms with Gasteiger partial charge in [-0.25, -0.2) is 4.79 Å². The Labute approximate surface area is 101 Å². The van der Waals surface area contributed by atoms with E-state index in [1.165, 1.54) is 4.90 Å². The van der Waals surface area contributed by atoms with Crippen LogP contribution in [0.3, 0.4) is 0 Å². The lowest BCUT2D eigenvalue weighted by atomic mass is 10.3. The van der Waals surface area contributed by atoms with E-state index in [1.807, 2.05) is 30.3 Å². The van der Waals surface area contributed by atoms with Gasteiger partial charge >= 0.3 is 6.09 Å². The van der Waals surface area contributed by atoms with E-state index in [0.717, 1.165) is 5.75 Å². The Morgan fingerprint density at radius 2 is 2.00 bits per heavy atom. The molecule has 1 aromatic carbocycles. The van der Waals surface area contributed by atoms with E-state index in [1.54, 1.807) is 7.05 Å². The summed E-state index contributed by atoms with van der Waals surface area (Å²) in [4.78, 5) is 12.7. The molecule has 5 heteroatoms. The van der Waals surface area contributed by atoms with Gasteiger partial charge in [0.2, 0.25) is 0 Å². The maximum atomic E-state index is 11.3. The maximum Gasteiger partial charge on any atom is 0.409 e. The van der Waals surface area contributed by atoms with E-state index >= 15 is 0 Å². The summed E-state index contributed by atoms with van der Waals surface area (Å²) in [5.41, 5.74) is 0. The second-order valence-corrected chi connectivity index (χ2v) is 3.42. The van der Waals surface area contributed by atoms with Gasteiger partial charge in [-0.2, -0.15) is 0 Å². The van der Waals surface area contributed by atoms with Crippen LogP contribution >= 0.6 is 0 Å². The van der Waals surface area contributed by atoms with E-state index < -0.39 is 6.09 Å². The molecule has 1 aromatic rings. The van der Waals surface area contributed by atoms with Crippen molar-refractivity contribution in [3.8, 4) is 5.75 Å². The summed E-state index contributed by atoms with van der Waals surface area (Å²) in [5.74, 6) is 0.768. The highest BCUT2D eigenvalue weighted by atomic mass is 16.6. The van der Waals surface area contributed by atoms with Gasteiger partial charge in [-0.1, -0.05) is 18.2 Å². The number of hydrogen-bond donors (Lipinski definition) is 1. The van der Waals surface area contributed by atoms with Crippen LogP contribution < -0.4 is 4.74 Å². The second-order valence-electron chi connectivity index (χ2n) is 3.42. The van der Waals surface area contributed by atoms with Crippen LogP contribution in [0.2, 0.25) is 0 Å². The fraction of sp³-hybridized carbons (Fsp3) is 0.417. The number of carbonyl (C=O) groups excluding carboxylic acids is 1. The summed E-state index contributed by atoms with van der Waals surface area (Å²) < 4.78 is 10.2. The van der Waals surface area contributed by atoms with Crippen molar-refractivity contribution in [1.82, 2.24) is 4.90 Å². The number of nitrogens with zero attached hydrogens (tertiary/aromatic N) is 1. The predicted octanol–water partition coefficient (Wildman–Crippen LogP) is 1.13. The van der Waals surface area contributed by atoms with Crippen molar-refractivity contribution in [1.29, 1.82) is 0 Å². The molecule has 0 aliphatic rings. The highest BCUT2D eigenvalue weighted by Crippen LogP contribution is 2.07. The lowest BCUT2D eigenvalue weighted by Crippen LogP contribution is -2.32. The molecular formula is C12H17NO4. The fourth-order valence-electron chi connectivity index (χ4n) is 1.15. The smallest absolute Gasteiger partial charge is 0.409 e. The minimum Gasteiger partial charge on any atom is -0.492 e. The van der Waals surface area contributed by atoms with Crippen LogP contribution in [0, 0.1) is 0 Å². The molecule has 0 saturated heterocycles. The molecular weight excluding hydrogens is 222 g/mol. The molecule has 0 heterocycles. The first-order chi connectivity index (χ1) is 8.24. The Morgan fingerprint density at radius 1 is 1.29 bits per heavy atom. The number of para-hydroxylation sites is 1. The third-order valence-electron chi connectivity index (χ3n) is 2.07. The minimum absolute atomic E-state index is 0.0166. The quantitative estimate of drug-likeness (QED) is 0.808. The van der Waals surface area contributed by atoms with Crippen molar-refractivity contribution < 1.29 is 19.4 Å². The third-order valence-corrected chi connectivity index (χ3v) is 2.07. The summed E-state index contributed by atoms with van der Waals surface area (Å²) in [5, 5.41) is 8.50. The molecule has 1 amide bonds. The predicted molar refractivity (Wildman–Crippen MR) is 63.0 cm³/mol. The number of aliphatic hydroxyl groups excluding tert-OH is 1. The lowest BCUT2D eigenvalue weighted by molar-refractivity contribution is 0.0872. The summed E-state index contributed by atoms with van der Waals surface area (Å²) in [6, 6.07) is 9.38. The van der Waals surface area contributed by atoms with Crippen molar-refractivity contribution in [3.05, 3.63) is 30.3 Å². The van der Waals surface area contributed by atoms with Crippen LogP contribution in [0.25, 0.3) is 0 Å². The molecule has 1 rings (SSSR count). The first-order valence-electron chi connectivity index (χ1n) is 5.40. The monoisotopic (exact) mass is 239 g/mol. The van der Waals surface area contributed by atoms with E-state index in [-0.39, 0.29) is 13.2 Å². The summed E-state index contributed by atoms with van der Waals surface area (Å²) in [7, 11) is 1.62. The number of carbonyl (C=O) groups is 1. The van der Waals surface area contributed by atoms with Crippen molar-refractivity contribution in [3.63, 3.8) is 0 Å². The van der Waals surface area contributed by atoms with Crippen LogP contribution in [0.5, 0.6) is 5.75 Å². The molecule has 5 nitrogen and oxygen atoms in total. The normalized spacial score (nSPS) is 9.76. The highest BCUT2D eigenvalue weighted by Gasteiger charge is 2.08. The van der Waals surface area contributed by atoms with Gasteiger partial charge in [0.1, 0.15) is 19.0 Å². The molecule has 17 heavy (non-hydrogen) atoms. The van der Waals surface area contributed by atoms with Gasteiger partial charge in [0.15, 0.2) is 0 Å². The maximum absolute atomic E-state index is 11.3. The SMILES string of the molecule is CN(CCOc1ccccc1)C(=O)OCCO. The number of aliphatic hydroxyl groups is 1. The summed E-state index contributed by atoms with van der Waals surface area (Å²) in [6.07, 6.45) is -0.462. The van der Waals surface area contributed by atoms with E-state index in [2.05, 4.69) is 0 Å². The average molecular weight is 239 g/mol. The number of rotatable bonds is 6. The Bertz CT molecular complexity index is 329. The summed E-state index contributed by atoms with van der Waals surface area (Å²) in [6.45, 7) is 0.677. The number of benzene rings is 1. The largest absolute Gasteiger partial charge is 0.492 e. The van der Waals surface area contributed by atoms with E-state index in [9.17, 15) is 4.79 Å². The van der Waals surface area contributed by atoms with Crippen LogP contribution in [-0.4, -0.2) is 49.5 Å². The molecule has 0 spiro atoms. The van der Waals surface area contributed by atoms with Crippen molar-refractivity contribution >= 4 is 6.09 Å². The summed E-state index contributed by atoms with van der Waals surface area (Å²) >= 11 is 0. The Hall–Kier alpha value is -1.75.